The molecule has 1 aliphatic rings. The van der Waals surface area contributed by atoms with E-state index in [2.05, 4.69) is 9.97 Å². The molecule has 5 rings (SSSR count). The molecule has 4 aromatic rings. The topological polar surface area (TPSA) is 81.6 Å². The summed E-state index contributed by atoms with van der Waals surface area (Å²) in [5.74, 6) is 0.822. The number of H-pyrrole nitrogens is 1. The van der Waals surface area contributed by atoms with Crippen molar-refractivity contribution in [3.05, 3.63) is 72.7 Å². The predicted octanol–water partition coefficient (Wildman–Crippen LogP) is 3.79. The van der Waals surface area contributed by atoms with E-state index in [0.29, 0.717) is 39.0 Å². The number of nitrogens with zero attached hydrogens (tertiary/aromatic N) is 2. The molecule has 0 radical (unpaired) electrons. The van der Waals surface area contributed by atoms with Crippen molar-refractivity contribution < 1.29 is 14.9 Å². The monoisotopic (exact) mass is 417 g/mol. The number of aromatic nitrogens is 2. The number of aliphatic hydroxyl groups excluding tert-OH is 1. The van der Waals surface area contributed by atoms with Gasteiger partial charge in [-0.15, -0.1) is 0 Å². The molecule has 0 amide bonds. The highest BCUT2D eigenvalue weighted by Gasteiger charge is 2.37. The Balaban J connectivity index is 1.19. The van der Waals surface area contributed by atoms with E-state index in [0.717, 1.165) is 33.0 Å². The van der Waals surface area contributed by atoms with E-state index >= 15 is 0 Å². The van der Waals surface area contributed by atoms with Gasteiger partial charge in [0.25, 0.3) is 0 Å². The molecule has 1 atom stereocenters. The third-order valence-electron chi connectivity index (χ3n) is 6.40. The smallest absolute Gasteiger partial charge is 0.128 e. The number of likely N-dealkylation sites (tertiary alicyclic amines) is 1. The zero-order chi connectivity index (χ0) is 21.3. The highest BCUT2D eigenvalue weighted by atomic mass is 16.5. The molecule has 3 N–H and O–H groups in total. The summed E-state index contributed by atoms with van der Waals surface area (Å²) in [5, 5.41) is 25.2. The molecule has 0 spiro atoms. The first-order valence-corrected chi connectivity index (χ1v) is 10.8. The number of piperidine rings is 1. The minimum atomic E-state index is -0.926. The van der Waals surface area contributed by atoms with Crippen LogP contribution in [-0.2, 0) is 5.60 Å². The van der Waals surface area contributed by atoms with Crippen molar-refractivity contribution >= 4 is 21.7 Å². The van der Waals surface area contributed by atoms with Crippen LogP contribution in [0.25, 0.3) is 21.7 Å². The predicted molar refractivity (Wildman–Crippen MR) is 121 cm³/mol. The van der Waals surface area contributed by atoms with Gasteiger partial charge in [-0.3, -0.25) is 9.88 Å². The summed E-state index contributed by atoms with van der Waals surface area (Å²) in [6.45, 7) is 1.67. The maximum atomic E-state index is 11.4. The Kier molecular flexibility index (Phi) is 5.36. The molecule has 0 bridgehead atoms. The maximum absolute atomic E-state index is 11.4. The largest absolute Gasteiger partial charge is 0.493 e. The molecular weight excluding hydrogens is 390 g/mol. The van der Waals surface area contributed by atoms with E-state index < -0.39 is 11.8 Å². The second kappa shape index (κ2) is 8.30. The maximum Gasteiger partial charge on any atom is 0.128 e. The normalized spacial score (nSPS) is 17.7. The zero-order valence-electron chi connectivity index (χ0n) is 17.4. The summed E-state index contributed by atoms with van der Waals surface area (Å²) in [6, 6.07) is 15.9. The SMILES string of the molecule is O[C@@H](CCOc1cccc2[nH]ccc12)N1CCC(O)(c2cncc3ccccc23)CC1. The van der Waals surface area contributed by atoms with E-state index in [9.17, 15) is 10.2 Å². The van der Waals surface area contributed by atoms with E-state index in [4.69, 9.17) is 4.74 Å². The molecule has 1 saturated heterocycles. The highest BCUT2D eigenvalue weighted by Crippen LogP contribution is 2.37. The summed E-state index contributed by atoms with van der Waals surface area (Å²) in [4.78, 5) is 9.53. The summed E-state index contributed by atoms with van der Waals surface area (Å²) in [5.41, 5.74) is 0.990. The van der Waals surface area contributed by atoms with Crippen molar-refractivity contribution in [3.63, 3.8) is 0 Å². The van der Waals surface area contributed by atoms with Crippen molar-refractivity contribution in [1.82, 2.24) is 14.9 Å². The number of hydrogen-bond donors (Lipinski definition) is 3. The third-order valence-corrected chi connectivity index (χ3v) is 6.40. The Morgan fingerprint density at radius 1 is 1.03 bits per heavy atom. The number of fused-ring (bicyclic) bond motifs is 2. The van der Waals surface area contributed by atoms with Crippen LogP contribution in [0.2, 0.25) is 0 Å². The third kappa shape index (κ3) is 3.90. The number of hydrogen-bond acceptors (Lipinski definition) is 5. The van der Waals surface area contributed by atoms with Crippen molar-refractivity contribution in [2.24, 2.45) is 0 Å². The second-order valence-corrected chi connectivity index (χ2v) is 8.29. The molecule has 2 aromatic heterocycles. The molecule has 1 fully saturated rings. The van der Waals surface area contributed by atoms with E-state index in [1.54, 1.807) is 6.20 Å². The lowest BCUT2D eigenvalue weighted by Crippen LogP contribution is -2.47. The van der Waals surface area contributed by atoms with Crippen molar-refractivity contribution in [1.29, 1.82) is 0 Å². The van der Waals surface area contributed by atoms with Crippen LogP contribution >= 0.6 is 0 Å². The summed E-state index contributed by atoms with van der Waals surface area (Å²) in [6.07, 6.45) is 6.54. The number of nitrogens with one attached hydrogen (secondary N) is 1. The molecule has 3 heterocycles. The lowest BCUT2D eigenvalue weighted by molar-refractivity contribution is -0.0814. The van der Waals surface area contributed by atoms with Gasteiger partial charge in [0.2, 0.25) is 0 Å². The van der Waals surface area contributed by atoms with Crippen LogP contribution in [0.4, 0.5) is 0 Å². The Morgan fingerprint density at radius 2 is 1.87 bits per heavy atom. The molecule has 2 aromatic carbocycles. The zero-order valence-corrected chi connectivity index (χ0v) is 17.4. The van der Waals surface area contributed by atoms with Crippen LogP contribution in [0, 0.1) is 0 Å². The fourth-order valence-corrected chi connectivity index (χ4v) is 4.59. The Bertz CT molecular complexity index is 1180. The first-order valence-electron chi connectivity index (χ1n) is 10.8. The van der Waals surface area contributed by atoms with Gasteiger partial charge in [0.15, 0.2) is 0 Å². The van der Waals surface area contributed by atoms with Gasteiger partial charge in [0.05, 0.1) is 12.2 Å². The van der Waals surface area contributed by atoms with Gasteiger partial charge in [0.1, 0.15) is 12.0 Å². The number of ether oxygens (including phenoxy) is 1. The van der Waals surface area contributed by atoms with Crippen LogP contribution < -0.4 is 4.74 Å². The van der Waals surface area contributed by atoms with Gasteiger partial charge in [-0.05, 0) is 36.4 Å². The van der Waals surface area contributed by atoms with Gasteiger partial charge in [-0.2, -0.15) is 0 Å². The van der Waals surface area contributed by atoms with Crippen molar-refractivity contribution in [2.45, 2.75) is 31.1 Å². The molecule has 0 aliphatic carbocycles. The van der Waals surface area contributed by atoms with E-state index in [1.807, 2.05) is 65.8 Å². The van der Waals surface area contributed by atoms with Gasteiger partial charge in [-0.1, -0.05) is 30.3 Å². The lowest BCUT2D eigenvalue weighted by Gasteiger charge is -2.40. The van der Waals surface area contributed by atoms with Crippen LogP contribution in [0.1, 0.15) is 24.8 Å². The molecule has 0 saturated carbocycles. The van der Waals surface area contributed by atoms with Crippen LogP contribution in [0.3, 0.4) is 0 Å². The molecule has 160 valence electrons. The Hall–Kier alpha value is -2.93. The van der Waals surface area contributed by atoms with Crippen LogP contribution in [-0.4, -0.2) is 51.0 Å². The first-order chi connectivity index (χ1) is 15.1. The summed E-state index contributed by atoms with van der Waals surface area (Å²) >= 11 is 0. The Morgan fingerprint density at radius 3 is 2.74 bits per heavy atom. The number of aromatic amines is 1. The van der Waals surface area contributed by atoms with Crippen molar-refractivity contribution in [3.8, 4) is 5.75 Å². The summed E-state index contributed by atoms with van der Waals surface area (Å²) < 4.78 is 5.93. The molecular formula is C25H27N3O3. The molecule has 6 heteroatoms. The van der Waals surface area contributed by atoms with Crippen LogP contribution in [0.15, 0.2) is 67.1 Å². The lowest BCUT2D eigenvalue weighted by atomic mass is 9.83. The molecule has 31 heavy (non-hydrogen) atoms. The number of pyridine rings is 1. The quantitative estimate of drug-likeness (QED) is 0.445. The average Bonchev–Trinajstić information content (AvgIpc) is 3.29. The van der Waals surface area contributed by atoms with Crippen molar-refractivity contribution in [2.75, 3.05) is 19.7 Å². The minimum Gasteiger partial charge on any atom is -0.493 e. The molecule has 6 nitrogen and oxygen atoms in total. The Labute approximate surface area is 181 Å². The average molecular weight is 418 g/mol. The number of aliphatic hydroxyl groups is 2. The summed E-state index contributed by atoms with van der Waals surface area (Å²) in [7, 11) is 0. The minimum absolute atomic E-state index is 0.430. The fourth-order valence-electron chi connectivity index (χ4n) is 4.59. The number of benzene rings is 2. The second-order valence-electron chi connectivity index (χ2n) is 8.29. The van der Waals surface area contributed by atoms with Gasteiger partial charge < -0.3 is 19.9 Å². The standard InChI is InChI=1S/C25H27N3O3/c29-24(9-15-31-23-7-3-6-22-20(23)8-12-27-22)28-13-10-25(30,11-14-28)21-17-26-16-18-4-1-2-5-19(18)21/h1-8,12,16-17,24,27,29-30H,9-11,13-15H2/t24-/m0/s1. The van der Waals surface area contributed by atoms with Gasteiger partial charge >= 0.3 is 0 Å². The fraction of sp³-hybridized carbons (Fsp3) is 0.320. The first kappa shape index (κ1) is 20.0. The van der Waals surface area contributed by atoms with E-state index in [1.165, 1.54) is 0 Å². The van der Waals surface area contributed by atoms with Crippen LogP contribution in [0.5, 0.6) is 5.75 Å². The van der Waals surface area contributed by atoms with Gasteiger partial charge in [-0.25, -0.2) is 0 Å². The highest BCUT2D eigenvalue weighted by molar-refractivity contribution is 5.86. The molecule has 0 unspecified atom stereocenters. The van der Waals surface area contributed by atoms with E-state index in [-0.39, 0.29) is 0 Å². The van der Waals surface area contributed by atoms with Gasteiger partial charge in [0, 0.05) is 60.0 Å². The molecule has 1 aliphatic heterocycles. The number of rotatable bonds is 6.